The quantitative estimate of drug-likeness (QED) is 0.757. The second-order valence-corrected chi connectivity index (χ2v) is 6.72. The van der Waals surface area contributed by atoms with Crippen molar-refractivity contribution < 1.29 is 9.21 Å². The number of benzene rings is 1. The standard InChI is InChI=1S/C15H13BrN2O2S/c1-8-12-5-10(16)3-4-13(12)20-14(8)15(19)17-6-11-7-21-9(2)18-11/h3-5,7H,6H2,1-2H3,(H,17,19). The van der Waals surface area contributed by atoms with Crippen molar-refractivity contribution in [3.63, 3.8) is 0 Å². The van der Waals surface area contributed by atoms with Crippen LogP contribution < -0.4 is 5.32 Å². The molecule has 2 aromatic heterocycles. The maximum atomic E-state index is 12.3. The van der Waals surface area contributed by atoms with Crippen LogP contribution in [0.1, 0.15) is 26.8 Å². The average Bonchev–Trinajstić information content (AvgIpc) is 3.01. The molecule has 3 rings (SSSR count). The number of nitrogens with one attached hydrogen (secondary N) is 1. The van der Waals surface area contributed by atoms with Gasteiger partial charge in [-0.2, -0.15) is 0 Å². The summed E-state index contributed by atoms with van der Waals surface area (Å²) < 4.78 is 6.62. The second-order valence-electron chi connectivity index (χ2n) is 4.74. The smallest absolute Gasteiger partial charge is 0.287 e. The Hall–Kier alpha value is -1.66. The minimum absolute atomic E-state index is 0.217. The number of amides is 1. The van der Waals surface area contributed by atoms with E-state index < -0.39 is 0 Å². The number of carbonyl (C=O) groups is 1. The Morgan fingerprint density at radius 3 is 2.95 bits per heavy atom. The molecule has 0 atom stereocenters. The molecule has 1 aromatic carbocycles. The Balaban J connectivity index is 1.82. The molecule has 0 saturated heterocycles. The van der Waals surface area contributed by atoms with Gasteiger partial charge in [0.05, 0.1) is 17.2 Å². The summed E-state index contributed by atoms with van der Waals surface area (Å²) in [5.41, 5.74) is 2.42. The largest absolute Gasteiger partial charge is 0.451 e. The van der Waals surface area contributed by atoms with Gasteiger partial charge in [-0.15, -0.1) is 11.3 Å². The molecule has 0 aliphatic rings. The molecule has 3 aromatic rings. The van der Waals surface area contributed by atoms with Crippen molar-refractivity contribution in [1.82, 2.24) is 10.3 Å². The van der Waals surface area contributed by atoms with Crippen molar-refractivity contribution >= 4 is 44.1 Å². The number of rotatable bonds is 3. The summed E-state index contributed by atoms with van der Waals surface area (Å²) in [5, 5.41) is 6.72. The Labute approximate surface area is 134 Å². The van der Waals surface area contributed by atoms with Crippen molar-refractivity contribution in [2.24, 2.45) is 0 Å². The van der Waals surface area contributed by atoms with Gasteiger partial charge in [-0.05, 0) is 32.0 Å². The number of furan rings is 1. The third-order valence-corrected chi connectivity index (χ3v) is 4.52. The van der Waals surface area contributed by atoms with Crippen LogP contribution in [0.5, 0.6) is 0 Å². The lowest BCUT2D eigenvalue weighted by atomic mass is 10.1. The zero-order valence-corrected chi connectivity index (χ0v) is 14.0. The lowest BCUT2D eigenvalue weighted by Crippen LogP contribution is -2.23. The van der Waals surface area contributed by atoms with Crippen molar-refractivity contribution in [3.05, 3.63) is 50.1 Å². The normalized spacial score (nSPS) is 11.0. The summed E-state index contributed by atoms with van der Waals surface area (Å²) in [6, 6.07) is 5.70. The van der Waals surface area contributed by atoms with E-state index >= 15 is 0 Å². The summed E-state index contributed by atoms with van der Waals surface area (Å²) in [6.07, 6.45) is 0. The number of aryl methyl sites for hydroxylation is 2. The highest BCUT2D eigenvalue weighted by molar-refractivity contribution is 9.10. The van der Waals surface area contributed by atoms with Crippen molar-refractivity contribution in [1.29, 1.82) is 0 Å². The number of fused-ring (bicyclic) bond motifs is 1. The average molecular weight is 365 g/mol. The molecule has 0 bridgehead atoms. The highest BCUT2D eigenvalue weighted by Crippen LogP contribution is 2.28. The molecule has 0 aliphatic carbocycles. The highest BCUT2D eigenvalue weighted by Gasteiger charge is 2.17. The van der Waals surface area contributed by atoms with Gasteiger partial charge in [0.25, 0.3) is 5.91 Å². The topological polar surface area (TPSA) is 55.1 Å². The number of aromatic nitrogens is 1. The lowest BCUT2D eigenvalue weighted by Gasteiger charge is -2.01. The molecule has 108 valence electrons. The molecule has 4 nitrogen and oxygen atoms in total. The van der Waals surface area contributed by atoms with Crippen LogP contribution >= 0.6 is 27.3 Å². The Morgan fingerprint density at radius 2 is 2.24 bits per heavy atom. The van der Waals surface area contributed by atoms with E-state index in [0.717, 1.165) is 26.1 Å². The third-order valence-electron chi connectivity index (χ3n) is 3.20. The fraction of sp³-hybridized carbons (Fsp3) is 0.200. The molecule has 0 unspecified atom stereocenters. The Bertz CT molecular complexity index is 822. The van der Waals surface area contributed by atoms with E-state index in [2.05, 4.69) is 26.2 Å². The SMILES string of the molecule is Cc1nc(CNC(=O)c2oc3ccc(Br)cc3c2C)cs1. The number of thiazole rings is 1. The Kier molecular flexibility index (Phi) is 3.82. The van der Waals surface area contributed by atoms with Crippen LogP contribution in [0, 0.1) is 13.8 Å². The maximum Gasteiger partial charge on any atom is 0.287 e. The minimum Gasteiger partial charge on any atom is -0.451 e. The summed E-state index contributed by atoms with van der Waals surface area (Å²) in [4.78, 5) is 16.6. The van der Waals surface area contributed by atoms with Crippen molar-refractivity contribution in [2.45, 2.75) is 20.4 Å². The summed E-state index contributed by atoms with van der Waals surface area (Å²) in [6.45, 7) is 4.24. The summed E-state index contributed by atoms with van der Waals surface area (Å²) in [5.74, 6) is 0.139. The summed E-state index contributed by atoms with van der Waals surface area (Å²) >= 11 is 5.00. The Morgan fingerprint density at radius 1 is 1.43 bits per heavy atom. The first-order chi connectivity index (χ1) is 10.0. The van der Waals surface area contributed by atoms with E-state index in [1.807, 2.05) is 37.4 Å². The van der Waals surface area contributed by atoms with E-state index in [4.69, 9.17) is 4.42 Å². The van der Waals surface area contributed by atoms with Gasteiger partial charge in [-0.1, -0.05) is 15.9 Å². The predicted molar refractivity (Wildman–Crippen MR) is 86.7 cm³/mol. The van der Waals surface area contributed by atoms with Crippen LogP contribution in [0.15, 0.2) is 32.5 Å². The van der Waals surface area contributed by atoms with Crippen LogP contribution in [0.2, 0.25) is 0 Å². The monoisotopic (exact) mass is 364 g/mol. The first-order valence-electron chi connectivity index (χ1n) is 6.42. The van der Waals surface area contributed by atoms with Gasteiger partial charge in [0.2, 0.25) is 0 Å². The van der Waals surface area contributed by atoms with Gasteiger partial charge in [0, 0.05) is 20.8 Å². The first kappa shape index (κ1) is 14.3. The van der Waals surface area contributed by atoms with Gasteiger partial charge in [0.1, 0.15) is 5.58 Å². The number of hydrogen-bond acceptors (Lipinski definition) is 4. The van der Waals surface area contributed by atoms with Crippen LogP contribution in [0.3, 0.4) is 0 Å². The van der Waals surface area contributed by atoms with Crippen LogP contribution in [-0.4, -0.2) is 10.9 Å². The minimum atomic E-state index is -0.217. The number of nitrogens with zero attached hydrogens (tertiary/aromatic N) is 1. The molecule has 6 heteroatoms. The van der Waals surface area contributed by atoms with E-state index in [1.165, 1.54) is 0 Å². The molecule has 21 heavy (non-hydrogen) atoms. The molecule has 0 aliphatic heterocycles. The molecule has 0 spiro atoms. The molecule has 1 amide bonds. The maximum absolute atomic E-state index is 12.3. The molecular formula is C15H13BrN2O2S. The zero-order valence-electron chi connectivity index (χ0n) is 11.6. The van der Waals surface area contributed by atoms with Crippen molar-refractivity contribution in [2.75, 3.05) is 0 Å². The van der Waals surface area contributed by atoms with Gasteiger partial charge in [-0.25, -0.2) is 4.98 Å². The molecular weight excluding hydrogens is 352 g/mol. The van der Waals surface area contributed by atoms with Crippen LogP contribution in [-0.2, 0) is 6.54 Å². The number of hydrogen-bond donors (Lipinski definition) is 1. The molecule has 1 N–H and O–H groups in total. The summed E-state index contributed by atoms with van der Waals surface area (Å²) in [7, 11) is 0. The van der Waals surface area contributed by atoms with E-state index in [1.54, 1.807) is 11.3 Å². The highest BCUT2D eigenvalue weighted by atomic mass is 79.9. The van der Waals surface area contributed by atoms with Gasteiger partial charge in [-0.3, -0.25) is 4.79 Å². The molecule has 2 heterocycles. The molecule has 0 radical (unpaired) electrons. The second kappa shape index (κ2) is 5.61. The third kappa shape index (κ3) is 2.87. The number of carbonyl (C=O) groups excluding carboxylic acids is 1. The first-order valence-corrected chi connectivity index (χ1v) is 8.09. The van der Waals surface area contributed by atoms with E-state index in [-0.39, 0.29) is 5.91 Å². The van der Waals surface area contributed by atoms with Gasteiger partial charge < -0.3 is 9.73 Å². The van der Waals surface area contributed by atoms with Crippen LogP contribution in [0.4, 0.5) is 0 Å². The zero-order chi connectivity index (χ0) is 15.0. The fourth-order valence-corrected chi connectivity index (χ4v) is 3.12. The van der Waals surface area contributed by atoms with Crippen LogP contribution in [0.25, 0.3) is 11.0 Å². The van der Waals surface area contributed by atoms with E-state index in [0.29, 0.717) is 17.9 Å². The number of halogens is 1. The molecule has 0 saturated carbocycles. The predicted octanol–water partition coefficient (Wildman–Crippen LogP) is 4.20. The van der Waals surface area contributed by atoms with Gasteiger partial charge >= 0.3 is 0 Å². The lowest BCUT2D eigenvalue weighted by molar-refractivity contribution is 0.0924. The van der Waals surface area contributed by atoms with E-state index in [9.17, 15) is 4.79 Å². The van der Waals surface area contributed by atoms with Gasteiger partial charge in [0.15, 0.2) is 5.76 Å². The molecule has 0 fully saturated rings. The van der Waals surface area contributed by atoms with Crippen molar-refractivity contribution in [3.8, 4) is 0 Å². The fourth-order valence-electron chi connectivity index (χ4n) is 2.15.